The first-order valence-corrected chi connectivity index (χ1v) is 7.42. The number of hydrogen-bond acceptors (Lipinski definition) is 3. The third kappa shape index (κ3) is 4.70. The van der Waals surface area contributed by atoms with Gasteiger partial charge in [-0.2, -0.15) is 0 Å². The second-order valence-corrected chi connectivity index (χ2v) is 5.63. The molecule has 0 bridgehead atoms. The molecule has 116 valence electrons. The maximum atomic E-state index is 12.9. The molecule has 1 saturated heterocycles. The van der Waals surface area contributed by atoms with E-state index in [0.717, 1.165) is 37.9 Å². The van der Waals surface area contributed by atoms with Crippen molar-refractivity contribution in [1.29, 1.82) is 0 Å². The van der Waals surface area contributed by atoms with Crippen molar-refractivity contribution in [1.82, 2.24) is 10.2 Å². The van der Waals surface area contributed by atoms with Gasteiger partial charge in [-0.15, -0.1) is 0 Å². The molecule has 1 aliphatic rings. The summed E-state index contributed by atoms with van der Waals surface area (Å²) >= 11 is 0. The van der Waals surface area contributed by atoms with Gasteiger partial charge in [0.25, 0.3) is 0 Å². The highest BCUT2D eigenvalue weighted by Gasteiger charge is 2.23. The van der Waals surface area contributed by atoms with Crippen molar-refractivity contribution in [3.63, 3.8) is 0 Å². The van der Waals surface area contributed by atoms with Gasteiger partial charge in [0.15, 0.2) is 0 Å². The molecule has 1 heterocycles. The van der Waals surface area contributed by atoms with E-state index in [1.54, 1.807) is 4.90 Å². The van der Waals surface area contributed by atoms with Crippen LogP contribution in [0.25, 0.3) is 0 Å². The molecule has 1 unspecified atom stereocenters. The first kappa shape index (κ1) is 15.8. The second-order valence-electron chi connectivity index (χ2n) is 5.63. The van der Waals surface area contributed by atoms with Crippen molar-refractivity contribution in [2.24, 2.45) is 0 Å². The van der Waals surface area contributed by atoms with Gasteiger partial charge in [0, 0.05) is 25.2 Å². The Kier molecular flexibility index (Phi) is 5.56. The molecule has 0 aromatic heterocycles. The topological polar surface area (TPSA) is 41.6 Å². The Morgan fingerprint density at radius 3 is 2.57 bits per heavy atom. The van der Waals surface area contributed by atoms with Crippen LogP contribution < -0.4 is 5.32 Å². The van der Waals surface area contributed by atoms with Gasteiger partial charge in [-0.3, -0.25) is 0 Å². The molecule has 0 spiro atoms. The molecule has 4 nitrogen and oxygen atoms in total. The number of nitrogens with zero attached hydrogens (tertiary/aromatic N) is 1. The Labute approximate surface area is 125 Å². The van der Waals surface area contributed by atoms with E-state index in [0.29, 0.717) is 12.1 Å². The molecule has 1 amide bonds. The lowest BCUT2D eigenvalue weighted by atomic mass is 10.0. The van der Waals surface area contributed by atoms with Crippen LogP contribution in [0.3, 0.4) is 0 Å². The van der Waals surface area contributed by atoms with Gasteiger partial charge in [0.1, 0.15) is 5.82 Å². The fourth-order valence-electron chi connectivity index (χ4n) is 2.79. The SMILES string of the molecule is COC(=O)N1CCC(NC(C)Cc2ccc(F)cc2)CC1. The molecule has 1 atom stereocenters. The van der Waals surface area contributed by atoms with Crippen LogP contribution in [0.4, 0.5) is 9.18 Å². The predicted octanol–water partition coefficient (Wildman–Crippen LogP) is 2.58. The molecule has 0 radical (unpaired) electrons. The summed E-state index contributed by atoms with van der Waals surface area (Å²) in [5, 5.41) is 3.59. The summed E-state index contributed by atoms with van der Waals surface area (Å²) in [7, 11) is 1.41. The number of carbonyl (C=O) groups excluding carboxylic acids is 1. The lowest BCUT2D eigenvalue weighted by Crippen LogP contribution is -2.47. The summed E-state index contributed by atoms with van der Waals surface area (Å²) in [5.74, 6) is -0.199. The van der Waals surface area contributed by atoms with Crippen molar-refractivity contribution in [2.75, 3.05) is 20.2 Å². The average Bonchev–Trinajstić information content (AvgIpc) is 2.49. The third-order valence-electron chi connectivity index (χ3n) is 3.90. The molecule has 1 aliphatic heterocycles. The number of likely N-dealkylation sites (tertiary alicyclic amines) is 1. The van der Waals surface area contributed by atoms with Crippen LogP contribution in [-0.2, 0) is 11.2 Å². The van der Waals surface area contributed by atoms with Crippen LogP contribution in [0.1, 0.15) is 25.3 Å². The number of ether oxygens (including phenoxy) is 1. The van der Waals surface area contributed by atoms with E-state index in [9.17, 15) is 9.18 Å². The highest BCUT2D eigenvalue weighted by Crippen LogP contribution is 2.13. The van der Waals surface area contributed by atoms with Crippen molar-refractivity contribution >= 4 is 6.09 Å². The van der Waals surface area contributed by atoms with Crippen molar-refractivity contribution in [2.45, 2.75) is 38.3 Å². The van der Waals surface area contributed by atoms with Gasteiger partial charge >= 0.3 is 6.09 Å². The van der Waals surface area contributed by atoms with E-state index in [-0.39, 0.29) is 11.9 Å². The summed E-state index contributed by atoms with van der Waals surface area (Å²) in [6.07, 6.45) is 2.50. The maximum absolute atomic E-state index is 12.9. The van der Waals surface area contributed by atoms with Crippen LogP contribution in [0.15, 0.2) is 24.3 Å². The summed E-state index contributed by atoms with van der Waals surface area (Å²) < 4.78 is 17.6. The molecule has 2 rings (SSSR count). The summed E-state index contributed by atoms with van der Waals surface area (Å²) in [6.45, 7) is 3.59. The highest BCUT2D eigenvalue weighted by atomic mass is 19.1. The third-order valence-corrected chi connectivity index (χ3v) is 3.90. The zero-order valence-electron chi connectivity index (χ0n) is 12.6. The van der Waals surface area contributed by atoms with Gasteiger partial charge in [-0.25, -0.2) is 9.18 Å². The van der Waals surface area contributed by atoms with Crippen LogP contribution in [-0.4, -0.2) is 43.3 Å². The summed E-state index contributed by atoms with van der Waals surface area (Å²) in [5.41, 5.74) is 1.13. The fourth-order valence-corrected chi connectivity index (χ4v) is 2.79. The van der Waals surface area contributed by atoms with Gasteiger partial charge < -0.3 is 15.0 Å². The second kappa shape index (κ2) is 7.41. The molecule has 1 fully saturated rings. The molecule has 1 N–H and O–H groups in total. The van der Waals surface area contributed by atoms with E-state index < -0.39 is 0 Å². The van der Waals surface area contributed by atoms with E-state index >= 15 is 0 Å². The Balaban J connectivity index is 1.75. The van der Waals surface area contributed by atoms with Crippen molar-refractivity contribution in [3.05, 3.63) is 35.6 Å². The first-order chi connectivity index (χ1) is 10.1. The van der Waals surface area contributed by atoms with Gasteiger partial charge in [0.05, 0.1) is 7.11 Å². The quantitative estimate of drug-likeness (QED) is 0.928. The van der Waals surface area contributed by atoms with E-state index in [1.165, 1.54) is 19.2 Å². The van der Waals surface area contributed by atoms with Crippen LogP contribution in [0.2, 0.25) is 0 Å². The molecule has 5 heteroatoms. The molecule has 21 heavy (non-hydrogen) atoms. The zero-order valence-corrected chi connectivity index (χ0v) is 12.6. The monoisotopic (exact) mass is 294 g/mol. The Morgan fingerprint density at radius 1 is 1.38 bits per heavy atom. The summed E-state index contributed by atoms with van der Waals surface area (Å²) in [6, 6.07) is 7.39. The van der Waals surface area contributed by atoms with Crippen molar-refractivity contribution in [3.8, 4) is 0 Å². The van der Waals surface area contributed by atoms with Gasteiger partial charge in [-0.05, 0) is 43.9 Å². The largest absolute Gasteiger partial charge is 0.453 e. The van der Waals surface area contributed by atoms with Gasteiger partial charge in [-0.1, -0.05) is 12.1 Å². The van der Waals surface area contributed by atoms with Crippen LogP contribution in [0, 0.1) is 5.82 Å². The Hall–Kier alpha value is -1.62. The number of methoxy groups -OCH3 is 1. The van der Waals surface area contributed by atoms with Crippen LogP contribution >= 0.6 is 0 Å². The van der Waals surface area contributed by atoms with Crippen molar-refractivity contribution < 1.29 is 13.9 Å². The Morgan fingerprint density at radius 2 is 2.00 bits per heavy atom. The predicted molar refractivity (Wildman–Crippen MR) is 79.7 cm³/mol. The number of amides is 1. The van der Waals surface area contributed by atoms with Gasteiger partial charge in [0.2, 0.25) is 0 Å². The average molecular weight is 294 g/mol. The molecule has 0 aliphatic carbocycles. The molecule has 0 saturated carbocycles. The van der Waals surface area contributed by atoms with E-state index in [4.69, 9.17) is 4.74 Å². The number of halogens is 1. The molecular formula is C16H23FN2O2. The molecule has 1 aromatic rings. The maximum Gasteiger partial charge on any atom is 0.409 e. The van der Waals surface area contributed by atoms with Crippen LogP contribution in [0.5, 0.6) is 0 Å². The standard InChI is InChI=1S/C16H23FN2O2/c1-12(11-13-3-5-14(17)6-4-13)18-15-7-9-19(10-8-15)16(20)21-2/h3-6,12,15,18H,7-11H2,1-2H3. The molecule has 1 aromatic carbocycles. The Bertz CT molecular complexity index is 456. The normalized spacial score (nSPS) is 17.6. The molecular weight excluding hydrogens is 271 g/mol. The fraction of sp³-hybridized carbons (Fsp3) is 0.562. The number of carbonyl (C=O) groups is 1. The number of benzene rings is 1. The smallest absolute Gasteiger partial charge is 0.409 e. The number of hydrogen-bond donors (Lipinski definition) is 1. The highest BCUT2D eigenvalue weighted by molar-refractivity contribution is 5.67. The van der Waals surface area contributed by atoms with E-state index in [2.05, 4.69) is 12.2 Å². The lowest BCUT2D eigenvalue weighted by molar-refractivity contribution is 0.109. The summed E-state index contributed by atoms with van der Waals surface area (Å²) in [4.78, 5) is 13.2. The minimum Gasteiger partial charge on any atom is -0.453 e. The number of rotatable bonds is 4. The minimum atomic E-state index is -0.243. The number of nitrogens with one attached hydrogen (secondary N) is 1. The zero-order chi connectivity index (χ0) is 15.2. The number of piperidine rings is 1. The first-order valence-electron chi connectivity index (χ1n) is 7.42. The van der Waals surface area contributed by atoms with E-state index in [1.807, 2.05) is 12.1 Å². The minimum absolute atomic E-state index is 0.199. The lowest BCUT2D eigenvalue weighted by Gasteiger charge is -2.33.